The first-order valence-corrected chi connectivity index (χ1v) is 9.18. The zero-order valence-corrected chi connectivity index (χ0v) is 14.7. The fourth-order valence-electron chi connectivity index (χ4n) is 2.35. The van der Waals surface area contributed by atoms with Gasteiger partial charge in [0.25, 0.3) is 0 Å². The fourth-order valence-corrected chi connectivity index (χ4v) is 3.37. The predicted molar refractivity (Wildman–Crippen MR) is 94.9 cm³/mol. The average molecular weight is 387 g/mol. The Hall–Kier alpha value is -2.00. The average Bonchev–Trinajstić information content (AvgIpc) is 3.06. The van der Waals surface area contributed by atoms with E-state index >= 15 is 0 Å². The van der Waals surface area contributed by atoms with Crippen molar-refractivity contribution >= 4 is 17.7 Å². The minimum atomic E-state index is -4.42. The summed E-state index contributed by atoms with van der Waals surface area (Å²) in [5.74, 6) is -0.479. The van der Waals surface area contributed by atoms with Gasteiger partial charge in [-0.3, -0.25) is 9.48 Å². The number of hydrogen-bond acceptors (Lipinski definition) is 4. The third-order valence-corrected chi connectivity index (χ3v) is 4.85. The molecule has 3 N–H and O–H groups in total. The van der Waals surface area contributed by atoms with Gasteiger partial charge in [0.2, 0.25) is 0 Å². The van der Waals surface area contributed by atoms with Crippen LogP contribution >= 0.6 is 11.8 Å². The van der Waals surface area contributed by atoms with Crippen molar-refractivity contribution in [3.05, 3.63) is 42.6 Å². The van der Waals surface area contributed by atoms with Gasteiger partial charge in [0.15, 0.2) is 0 Å². The Morgan fingerprint density at radius 2 is 1.85 bits per heavy atom. The first-order chi connectivity index (χ1) is 12.3. The molecule has 0 aliphatic heterocycles. The van der Waals surface area contributed by atoms with E-state index in [1.165, 1.54) is 18.0 Å². The van der Waals surface area contributed by atoms with Crippen LogP contribution < -0.4 is 5.73 Å². The molecular formula is C17H20F3N3O2S. The molecule has 0 aliphatic carbocycles. The largest absolute Gasteiger partial charge is 0.480 e. The van der Waals surface area contributed by atoms with Crippen molar-refractivity contribution in [2.75, 3.05) is 11.5 Å². The molecule has 1 aromatic carbocycles. The van der Waals surface area contributed by atoms with Crippen molar-refractivity contribution in [2.24, 2.45) is 5.73 Å². The molecule has 0 fully saturated rings. The summed E-state index contributed by atoms with van der Waals surface area (Å²) in [6.45, 7) is 0. The number of halogens is 3. The number of hydrogen-bond donors (Lipinski definition) is 2. The van der Waals surface area contributed by atoms with Crippen LogP contribution in [0.2, 0.25) is 0 Å². The predicted octanol–water partition coefficient (Wildman–Crippen LogP) is 3.58. The number of nitrogens with two attached hydrogens (primary N) is 1. The highest BCUT2D eigenvalue weighted by atomic mass is 32.2. The Labute approximate surface area is 153 Å². The van der Waals surface area contributed by atoms with Crippen LogP contribution in [0, 0.1) is 0 Å². The molecule has 1 heterocycles. The smallest absolute Gasteiger partial charge is 0.410 e. The van der Waals surface area contributed by atoms with Gasteiger partial charge in [-0.2, -0.15) is 30.0 Å². The number of nitrogens with zero attached hydrogens (tertiary/aromatic N) is 2. The second kappa shape index (κ2) is 9.09. The number of carbonyl (C=O) groups is 1. The van der Waals surface area contributed by atoms with Crippen LogP contribution in [0.4, 0.5) is 13.2 Å². The van der Waals surface area contributed by atoms with Gasteiger partial charge >= 0.3 is 12.1 Å². The second-order valence-corrected chi connectivity index (χ2v) is 6.96. The zero-order chi connectivity index (χ0) is 19.2. The molecule has 0 bridgehead atoms. The first kappa shape index (κ1) is 20.3. The Kier molecular flexibility index (Phi) is 7.10. The molecule has 0 radical (unpaired) electrons. The standard InChI is InChI=1S/C17H20F3N3O2S/c18-17(19,20)15(8-11-26-10-7-13(21)16(24)25)23-9-6-14(22-23)12-4-2-1-3-5-12/h1-6,9,13,15H,7-8,10-11,21H2,(H,24,25). The summed E-state index contributed by atoms with van der Waals surface area (Å²) in [6.07, 6.45) is -3.01. The lowest BCUT2D eigenvalue weighted by Crippen LogP contribution is -2.30. The van der Waals surface area contributed by atoms with Crippen LogP contribution in [0.15, 0.2) is 42.6 Å². The van der Waals surface area contributed by atoms with Crippen molar-refractivity contribution in [1.29, 1.82) is 0 Å². The van der Waals surface area contributed by atoms with E-state index in [1.54, 1.807) is 30.3 Å². The highest BCUT2D eigenvalue weighted by Crippen LogP contribution is 2.34. The van der Waals surface area contributed by atoms with E-state index in [4.69, 9.17) is 10.8 Å². The van der Waals surface area contributed by atoms with Crippen molar-refractivity contribution in [2.45, 2.75) is 31.1 Å². The molecule has 0 saturated carbocycles. The topological polar surface area (TPSA) is 81.1 Å². The summed E-state index contributed by atoms with van der Waals surface area (Å²) in [5.41, 5.74) is 6.61. The van der Waals surface area contributed by atoms with Gasteiger partial charge in [-0.25, -0.2) is 0 Å². The molecule has 2 aromatic rings. The van der Waals surface area contributed by atoms with E-state index in [-0.39, 0.29) is 18.6 Å². The minimum Gasteiger partial charge on any atom is -0.480 e. The number of carboxylic acids is 1. The van der Waals surface area contributed by atoms with Crippen LogP contribution in [0.5, 0.6) is 0 Å². The maximum absolute atomic E-state index is 13.4. The number of aliphatic carboxylic acids is 1. The highest BCUT2D eigenvalue weighted by molar-refractivity contribution is 7.99. The Morgan fingerprint density at radius 1 is 1.19 bits per heavy atom. The maximum Gasteiger partial charge on any atom is 0.410 e. The summed E-state index contributed by atoms with van der Waals surface area (Å²) in [7, 11) is 0. The van der Waals surface area contributed by atoms with Crippen LogP contribution in [-0.2, 0) is 4.79 Å². The van der Waals surface area contributed by atoms with Gasteiger partial charge in [-0.05, 0) is 30.4 Å². The normalized spacial score (nSPS) is 14.2. The van der Waals surface area contributed by atoms with E-state index in [9.17, 15) is 18.0 Å². The number of alkyl halides is 3. The third kappa shape index (κ3) is 5.77. The van der Waals surface area contributed by atoms with Crippen LogP contribution in [0.3, 0.4) is 0 Å². The number of benzene rings is 1. The zero-order valence-electron chi connectivity index (χ0n) is 13.9. The molecule has 5 nitrogen and oxygen atoms in total. The first-order valence-electron chi connectivity index (χ1n) is 8.02. The van der Waals surface area contributed by atoms with E-state index in [0.29, 0.717) is 11.4 Å². The molecule has 1 aromatic heterocycles. The lowest BCUT2D eigenvalue weighted by atomic mass is 10.2. The lowest BCUT2D eigenvalue weighted by molar-refractivity contribution is -0.170. The summed E-state index contributed by atoms with van der Waals surface area (Å²) < 4.78 is 41.1. The van der Waals surface area contributed by atoms with Crippen molar-refractivity contribution < 1.29 is 23.1 Å². The molecule has 2 atom stereocenters. The lowest BCUT2D eigenvalue weighted by Gasteiger charge is -2.20. The van der Waals surface area contributed by atoms with E-state index in [2.05, 4.69) is 5.10 Å². The van der Waals surface area contributed by atoms with Gasteiger partial charge in [0.1, 0.15) is 12.1 Å². The molecule has 0 amide bonds. The summed E-state index contributed by atoms with van der Waals surface area (Å²) in [6, 6.07) is 7.86. The number of aromatic nitrogens is 2. The van der Waals surface area contributed by atoms with Gasteiger partial charge in [0.05, 0.1) is 5.69 Å². The molecule has 0 aliphatic rings. The Bertz CT molecular complexity index is 707. The molecule has 9 heteroatoms. The van der Waals surface area contributed by atoms with E-state index in [0.717, 1.165) is 10.2 Å². The summed E-state index contributed by atoms with van der Waals surface area (Å²) in [4.78, 5) is 10.6. The molecule has 26 heavy (non-hydrogen) atoms. The molecule has 142 valence electrons. The quantitative estimate of drug-likeness (QED) is 0.643. The number of thioether (sulfide) groups is 1. The Balaban J connectivity index is 1.96. The van der Waals surface area contributed by atoms with Gasteiger partial charge in [-0.15, -0.1) is 0 Å². The fraction of sp³-hybridized carbons (Fsp3) is 0.412. The summed E-state index contributed by atoms with van der Waals surface area (Å²) >= 11 is 1.26. The van der Waals surface area contributed by atoms with Crippen LogP contribution in [0.25, 0.3) is 11.3 Å². The van der Waals surface area contributed by atoms with Gasteiger partial charge in [-0.1, -0.05) is 30.3 Å². The van der Waals surface area contributed by atoms with Crippen molar-refractivity contribution in [3.63, 3.8) is 0 Å². The molecule has 0 spiro atoms. The van der Waals surface area contributed by atoms with Gasteiger partial charge in [0, 0.05) is 11.8 Å². The number of carboxylic acid groups (broad SMARTS) is 1. The molecule has 2 unspecified atom stereocenters. The monoisotopic (exact) mass is 387 g/mol. The van der Waals surface area contributed by atoms with E-state index < -0.39 is 24.2 Å². The Morgan fingerprint density at radius 3 is 2.46 bits per heavy atom. The number of rotatable bonds is 9. The minimum absolute atomic E-state index is 0.146. The van der Waals surface area contributed by atoms with Crippen LogP contribution in [0.1, 0.15) is 18.9 Å². The molecule has 2 rings (SSSR count). The molecule has 0 saturated heterocycles. The van der Waals surface area contributed by atoms with Crippen molar-refractivity contribution in [1.82, 2.24) is 9.78 Å². The van der Waals surface area contributed by atoms with Gasteiger partial charge < -0.3 is 10.8 Å². The third-order valence-electron chi connectivity index (χ3n) is 3.80. The second-order valence-electron chi connectivity index (χ2n) is 5.74. The SMILES string of the molecule is NC(CCSCCC(n1ccc(-c2ccccc2)n1)C(F)(F)F)C(=O)O. The highest BCUT2D eigenvalue weighted by Gasteiger charge is 2.41. The maximum atomic E-state index is 13.4. The van der Waals surface area contributed by atoms with Crippen molar-refractivity contribution in [3.8, 4) is 11.3 Å². The summed E-state index contributed by atoms with van der Waals surface area (Å²) in [5, 5.41) is 12.8. The molecular weight excluding hydrogens is 367 g/mol. The van der Waals surface area contributed by atoms with E-state index in [1.807, 2.05) is 6.07 Å². The van der Waals surface area contributed by atoms with Crippen LogP contribution in [-0.4, -0.2) is 44.6 Å².